The number of piperidine rings is 1. The maximum absolute atomic E-state index is 3.57. The van der Waals surface area contributed by atoms with Crippen molar-refractivity contribution in [3.8, 4) is 11.1 Å². The molecule has 0 unspecified atom stereocenters. The smallest absolute Gasteiger partial charge is 0.00429 e. The maximum atomic E-state index is 3.57. The van der Waals surface area contributed by atoms with Gasteiger partial charge in [0.15, 0.2) is 0 Å². The third-order valence-corrected chi connectivity index (χ3v) is 9.90. The predicted molar refractivity (Wildman–Crippen MR) is 127 cm³/mol. The van der Waals surface area contributed by atoms with E-state index in [0.717, 1.165) is 5.66 Å². The topological polar surface area (TPSA) is 12.0 Å². The van der Waals surface area contributed by atoms with Gasteiger partial charge >= 0.3 is 0 Å². The molecular formula is C27H26NP. The quantitative estimate of drug-likeness (QED) is 0.345. The van der Waals surface area contributed by atoms with Gasteiger partial charge in [-0.1, -0.05) is 80.7 Å². The first-order valence-electron chi connectivity index (χ1n) is 10.8. The normalized spacial score (nSPS) is 17.8. The molecule has 2 heterocycles. The second-order valence-electron chi connectivity index (χ2n) is 8.53. The van der Waals surface area contributed by atoms with Crippen molar-refractivity contribution in [3.05, 3.63) is 83.9 Å². The fourth-order valence-corrected chi connectivity index (χ4v) is 8.43. The Hall–Kier alpha value is -2.21. The zero-order valence-electron chi connectivity index (χ0n) is 16.7. The summed E-state index contributed by atoms with van der Waals surface area (Å²) in [4.78, 5) is 0. The molecule has 0 aliphatic carbocycles. The van der Waals surface area contributed by atoms with Crippen LogP contribution in [0.1, 0.15) is 24.0 Å². The summed E-state index contributed by atoms with van der Waals surface area (Å²) in [6.07, 6.45) is 5.22. The first kappa shape index (κ1) is 17.6. The third kappa shape index (κ3) is 3.00. The zero-order valence-corrected chi connectivity index (χ0v) is 17.6. The van der Waals surface area contributed by atoms with Gasteiger partial charge < -0.3 is 5.32 Å². The fourth-order valence-electron chi connectivity index (χ4n) is 5.41. The summed E-state index contributed by atoms with van der Waals surface area (Å²) in [5.41, 5.74) is 7.05. The molecule has 0 saturated carbocycles. The molecule has 144 valence electrons. The molecule has 0 amide bonds. The van der Waals surface area contributed by atoms with Crippen LogP contribution in [0.2, 0.25) is 0 Å². The van der Waals surface area contributed by atoms with E-state index in [9.17, 15) is 0 Å². The van der Waals surface area contributed by atoms with E-state index in [1.807, 2.05) is 0 Å². The molecule has 29 heavy (non-hydrogen) atoms. The summed E-state index contributed by atoms with van der Waals surface area (Å²) in [6, 6.07) is 27.5. The van der Waals surface area contributed by atoms with Gasteiger partial charge in [0, 0.05) is 0 Å². The van der Waals surface area contributed by atoms with Gasteiger partial charge in [0.2, 0.25) is 0 Å². The summed E-state index contributed by atoms with van der Waals surface area (Å²) in [5, 5.41) is 9.13. The molecule has 2 aliphatic heterocycles. The minimum atomic E-state index is -0.0405. The van der Waals surface area contributed by atoms with E-state index in [4.69, 9.17) is 0 Å². The minimum Gasteiger partial charge on any atom is -0.317 e. The largest absolute Gasteiger partial charge is 0.317 e. The van der Waals surface area contributed by atoms with Gasteiger partial charge in [0.1, 0.15) is 0 Å². The lowest BCUT2D eigenvalue weighted by molar-refractivity contribution is 0.525. The highest BCUT2D eigenvalue weighted by Crippen LogP contribution is 2.57. The Kier molecular flexibility index (Phi) is 4.40. The second kappa shape index (κ2) is 7.24. The molecule has 0 spiro atoms. The van der Waals surface area contributed by atoms with Gasteiger partial charge in [-0.2, -0.15) is 0 Å². The van der Waals surface area contributed by atoms with Gasteiger partial charge in [0.05, 0.1) is 0 Å². The fraction of sp³-hybridized carbons (Fsp3) is 0.259. The standard InChI is InChI=1S/C27H26NP/c1-3-7-24-19(5-1)9-11-21-17-29(23-13-15-28-16-14-23)18-22-12-10-20-6-2-4-8-25(20)27(22)26(21)24/h1-12,23,28H,13-18H2. The predicted octanol–water partition coefficient (Wildman–Crippen LogP) is 6.91. The molecule has 1 fully saturated rings. The van der Waals surface area contributed by atoms with E-state index in [1.165, 1.54) is 70.9 Å². The van der Waals surface area contributed by atoms with E-state index in [0.29, 0.717) is 0 Å². The van der Waals surface area contributed by atoms with Crippen molar-refractivity contribution >= 4 is 29.5 Å². The molecule has 0 bridgehead atoms. The number of rotatable bonds is 1. The Morgan fingerprint density at radius 3 is 1.69 bits per heavy atom. The third-order valence-electron chi connectivity index (χ3n) is 6.85. The average Bonchev–Trinajstić information content (AvgIpc) is 2.97. The van der Waals surface area contributed by atoms with Gasteiger partial charge in [0.25, 0.3) is 0 Å². The highest BCUT2D eigenvalue weighted by atomic mass is 31.1. The first-order valence-corrected chi connectivity index (χ1v) is 12.6. The van der Waals surface area contributed by atoms with E-state index in [2.05, 4.69) is 78.1 Å². The van der Waals surface area contributed by atoms with Crippen molar-refractivity contribution in [2.24, 2.45) is 0 Å². The molecule has 0 aromatic heterocycles. The Morgan fingerprint density at radius 2 is 1.14 bits per heavy atom. The number of benzene rings is 4. The molecule has 1 N–H and O–H groups in total. The van der Waals surface area contributed by atoms with Gasteiger partial charge in [-0.05, 0) is 87.7 Å². The number of fused-ring (bicyclic) bond motifs is 7. The highest BCUT2D eigenvalue weighted by Gasteiger charge is 2.29. The summed E-state index contributed by atoms with van der Waals surface area (Å²) in [6.45, 7) is 2.39. The summed E-state index contributed by atoms with van der Waals surface area (Å²) < 4.78 is 0. The Labute approximate surface area is 173 Å². The molecule has 4 aromatic rings. The van der Waals surface area contributed by atoms with Crippen molar-refractivity contribution in [1.29, 1.82) is 0 Å². The van der Waals surface area contributed by atoms with Crippen molar-refractivity contribution in [2.75, 3.05) is 13.1 Å². The molecule has 0 atom stereocenters. The van der Waals surface area contributed by atoms with Crippen LogP contribution >= 0.6 is 7.92 Å². The number of hydrogen-bond acceptors (Lipinski definition) is 1. The summed E-state index contributed by atoms with van der Waals surface area (Å²) >= 11 is 0. The van der Waals surface area contributed by atoms with E-state index >= 15 is 0 Å². The summed E-state index contributed by atoms with van der Waals surface area (Å²) in [5.74, 6) is 0. The SMILES string of the molecule is c1ccc2c3c(ccc2c1)CP(C1CCNCC1)Cc1ccc2ccccc2c1-3. The van der Waals surface area contributed by atoms with Crippen LogP contribution < -0.4 is 5.32 Å². The van der Waals surface area contributed by atoms with Crippen LogP contribution in [0.5, 0.6) is 0 Å². The van der Waals surface area contributed by atoms with Crippen molar-refractivity contribution in [1.82, 2.24) is 5.32 Å². The Balaban J connectivity index is 1.65. The van der Waals surface area contributed by atoms with E-state index < -0.39 is 0 Å². The summed E-state index contributed by atoms with van der Waals surface area (Å²) in [7, 11) is -0.0405. The van der Waals surface area contributed by atoms with Crippen LogP contribution in [0.4, 0.5) is 0 Å². The van der Waals surface area contributed by atoms with Crippen LogP contribution in [0.25, 0.3) is 32.7 Å². The molecule has 1 saturated heterocycles. The lowest BCUT2D eigenvalue weighted by Gasteiger charge is -2.31. The number of nitrogens with one attached hydrogen (secondary N) is 1. The molecule has 6 rings (SSSR count). The van der Waals surface area contributed by atoms with Crippen LogP contribution in [-0.4, -0.2) is 18.7 Å². The average molecular weight is 395 g/mol. The van der Waals surface area contributed by atoms with E-state index in [-0.39, 0.29) is 7.92 Å². The molecular weight excluding hydrogens is 369 g/mol. The van der Waals surface area contributed by atoms with Crippen LogP contribution in [0.3, 0.4) is 0 Å². The molecule has 2 aliphatic rings. The zero-order chi connectivity index (χ0) is 19.2. The molecule has 4 aromatic carbocycles. The minimum absolute atomic E-state index is 0.0405. The Bertz CT molecular complexity index is 1120. The van der Waals surface area contributed by atoms with Crippen LogP contribution in [0.15, 0.2) is 72.8 Å². The highest BCUT2D eigenvalue weighted by molar-refractivity contribution is 7.56. The van der Waals surface area contributed by atoms with Gasteiger partial charge in [-0.3, -0.25) is 0 Å². The molecule has 1 nitrogen and oxygen atoms in total. The Morgan fingerprint density at radius 1 is 0.621 bits per heavy atom. The first-order chi connectivity index (χ1) is 14.4. The van der Waals surface area contributed by atoms with E-state index in [1.54, 1.807) is 11.1 Å². The van der Waals surface area contributed by atoms with Gasteiger partial charge in [-0.25, -0.2) is 0 Å². The molecule has 2 heteroatoms. The van der Waals surface area contributed by atoms with Crippen LogP contribution in [-0.2, 0) is 12.3 Å². The maximum Gasteiger partial charge on any atom is -0.00429 e. The molecule has 0 radical (unpaired) electrons. The van der Waals surface area contributed by atoms with Crippen molar-refractivity contribution < 1.29 is 0 Å². The van der Waals surface area contributed by atoms with Crippen molar-refractivity contribution in [2.45, 2.75) is 30.8 Å². The van der Waals surface area contributed by atoms with Crippen molar-refractivity contribution in [3.63, 3.8) is 0 Å². The van der Waals surface area contributed by atoms with Crippen LogP contribution in [0, 0.1) is 0 Å². The monoisotopic (exact) mass is 395 g/mol. The number of hydrogen-bond donors (Lipinski definition) is 1. The lowest BCUT2D eigenvalue weighted by atomic mass is 9.88. The second-order valence-corrected chi connectivity index (χ2v) is 11.1. The lowest BCUT2D eigenvalue weighted by Crippen LogP contribution is -2.30. The van der Waals surface area contributed by atoms with Gasteiger partial charge in [-0.15, -0.1) is 0 Å².